The summed E-state index contributed by atoms with van der Waals surface area (Å²) in [6.07, 6.45) is 9.83. The van der Waals surface area contributed by atoms with E-state index in [1.807, 2.05) is 0 Å². The number of hydrogen-bond acceptors (Lipinski definition) is 3. The summed E-state index contributed by atoms with van der Waals surface area (Å²) >= 11 is 0. The molecule has 0 aromatic heterocycles. The Morgan fingerprint density at radius 3 is 2.57 bits per heavy atom. The van der Waals surface area contributed by atoms with Crippen LogP contribution in [-0.4, -0.2) is 48.6 Å². The summed E-state index contributed by atoms with van der Waals surface area (Å²) in [5.41, 5.74) is 0. The van der Waals surface area contributed by atoms with E-state index in [-0.39, 0.29) is 11.9 Å². The highest BCUT2D eigenvalue weighted by molar-refractivity contribution is 5.81. The standard InChI is InChI=1S/C17H33N3O/c1-3-12-20(13-16-10-6-7-11-18-16)14(2)17(21)19-15-8-4-5-9-15/h14-16,18H,3-13H2,1-2H3,(H,19,21). The topological polar surface area (TPSA) is 44.4 Å². The maximum atomic E-state index is 12.5. The molecule has 0 aromatic carbocycles. The van der Waals surface area contributed by atoms with E-state index < -0.39 is 0 Å². The monoisotopic (exact) mass is 295 g/mol. The van der Waals surface area contributed by atoms with Gasteiger partial charge in [-0.3, -0.25) is 9.69 Å². The Morgan fingerprint density at radius 1 is 1.24 bits per heavy atom. The van der Waals surface area contributed by atoms with Crippen molar-refractivity contribution in [2.45, 2.75) is 83.3 Å². The van der Waals surface area contributed by atoms with E-state index in [9.17, 15) is 4.79 Å². The van der Waals surface area contributed by atoms with Crippen molar-refractivity contribution in [2.24, 2.45) is 0 Å². The van der Waals surface area contributed by atoms with Crippen LogP contribution < -0.4 is 10.6 Å². The lowest BCUT2D eigenvalue weighted by Gasteiger charge is -2.34. The second kappa shape index (κ2) is 8.74. The minimum absolute atomic E-state index is 0.00530. The number of carbonyl (C=O) groups is 1. The van der Waals surface area contributed by atoms with E-state index >= 15 is 0 Å². The van der Waals surface area contributed by atoms with Gasteiger partial charge >= 0.3 is 0 Å². The zero-order chi connectivity index (χ0) is 15.1. The van der Waals surface area contributed by atoms with E-state index in [0.717, 1.165) is 38.9 Å². The van der Waals surface area contributed by atoms with Gasteiger partial charge in [0.05, 0.1) is 6.04 Å². The molecular formula is C17H33N3O. The van der Waals surface area contributed by atoms with Gasteiger partial charge < -0.3 is 10.6 Å². The van der Waals surface area contributed by atoms with Crippen LogP contribution in [0.2, 0.25) is 0 Å². The quantitative estimate of drug-likeness (QED) is 0.757. The number of piperidine rings is 1. The molecule has 2 aliphatic rings. The summed E-state index contributed by atoms with van der Waals surface area (Å²) in [6, 6.07) is 0.984. The molecule has 21 heavy (non-hydrogen) atoms. The Morgan fingerprint density at radius 2 is 1.95 bits per heavy atom. The van der Waals surface area contributed by atoms with E-state index in [1.165, 1.54) is 32.1 Å². The van der Waals surface area contributed by atoms with Gasteiger partial charge in [-0.25, -0.2) is 0 Å². The molecule has 2 N–H and O–H groups in total. The third-order valence-electron chi connectivity index (χ3n) is 5.01. The summed E-state index contributed by atoms with van der Waals surface area (Å²) in [4.78, 5) is 14.9. The van der Waals surface area contributed by atoms with Crippen molar-refractivity contribution in [1.29, 1.82) is 0 Å². The molecule has 122 valence electrons. The number of carbonyl (C=O) groups excluding carboxylic acids is 1. The van der Waals surface area contributed by atoms with E-state index in [0.29, 0.717) is 12.1 Å². The molecule has 1 amide bonds. The zero-order valence-corrected chi connectivity index (χ0v) is 13.9. The maximum absolute atomic E-state index is 12.5. The van der Waals surface area contributed by atoms with Crippen molar-refractivity contribution in [2.75, 3.05) is 19.6 Å². The van der Waals surface area contributed by atoms with Gasteiger partial charge in [0.1, 0.15) is 0 Å². The molecule has 2 atom stereocenters. The first-order valence-corrected chi connectivity index (χ1v) is 8.98. The molecule has 2 unspecified atom stereocenters. The Kier molecular flexibility index (Phi) is 6.97. The Balaban J connectivity index is 1.83. The molecule has 0 bridgehead atoms. The van der Waals surface area contributed by atoms with Crippen molar-refractivity contribution in [3.63, 3.8) is 0 Å². The molecule has 1 heterocycles. The molecule has 1 aliphatic heterocycles. The first-order chi connectivity index (χ1) is 10.2. The molecule has 2 fully saturated rings. The van der Waals surface area contributed by atoms with Crippen molar-refractivity contribution < 1.29 is 4.79 Å². The fraction of sp³-hybridized carbons (Fsp3) is 0.941. The molecule has 2 rings (SSSR count). The van der Waals surface area contributed by atoms with Gasteiger partial charge in [-0.2, -0.15) is 0 Å². The fourth-order valence-corrected chi connectivity index (χ4v) is 3.65. The summed E-state index contributed by atoms with van der Waals surface area (Å²) in [7, 11) is 0. The molecule has 0 aromatic rings. The predicted octanol–water partition coefficient (Wildman–Crippen LogP) is 2.29. The molecule has 4 nitrogen and oxygen atoms in total. The van der Waals surface area contributed by atoms with E-state index in [4.69, 9.17) is 0 Å². The molecule has 1 aliphatic carbocycles. The molecule has 4 heteroatoms. The minimum Gasteiger partial charge on any atom is -0.352 e. The van der Waals surface area contributed by atoms with Gasteiger partial charge in [0.15, 0.2) is 0 Å². The number of rotatable bonds is 7. The molecular weight excluding hydrogens is 262 g/mol. The van der Waals surface area contributed by atoms with Crippen LogP contribution in [-0.2, 0) is 4.79 Å². The van der Waals surface area contributed by atoms with Crippen LogP contribution in [0, 0.1) is 0 Å². The summed E-state index contributed by atoms with van der Waals surface area (Å²) in [6.45, 7) is 7.42. The second-order valence-electron chi connectivity index (χ2n) is 6.81. The lowest BCUT2D eigenvalue weighted by Crippen LogP contribution is -2.52. The van der Waals surface area contributed by atoms with Gasteiger partial charge in [-0.05, 0) is 52.1 Å². The Labute approximate surface area is 130 Å². The number of hydrogen-bond donors (Lipinski definition) is 2. The summed E-state index contributed by atoms with van der Waals surface area (Å²) < 4.78 is 0. The summed E-state index contributed by atoms with van der Waals surface area (Å²) in [5.74, 6) is 0.228. The van der Waals surface area contributed by atoms with Crippen LogP contribution in [0.15, 0.2) is 0 Å². The lowest BCUT2D eigenvalue weighted by atomic mass is 10.0. The second-order valence-corrected chi connectivity index (χ2v) is 6.81. The Bertz CT molecular complexity index is 309. The summed E-state index contributed by atoms with van der Waals surface area (Å²) in [5, 5.41) is 6.86. The van der Waals surface area contributed by atoms with Crippen LogP contribution in [0.3, 0.4) is 0 Å². The number of nitrogens with one attached hydrogen (secondary N) is 2. The van der Waals surface area contributed by atoms with Crippen LogP contribution in [0.4, 0.5) is 0 Å². The van der Waals surface area contributed by atoms with Crippen LogP contribution in [0.25, 0.3) is 0 Å². The molecule has 1 saturated carbocycles. The highest BCUT2D eigenvalue weighted by atomic mass is 16.2. The van der Waals surface area contributed by atoms with Crippen molar-refractivity contribution >= 4 is 5.91 Å². The van der Waals surface area contributed by atoms with Crippen molar-refractivity contribution in [1.82, 2.24) is 15.5 Å². The Hall–Kier alpha value is -0.610. The van der Waals surface area contributed by atoms with Crippen molar-refractivity contribution in [3.05, 3.63) is 0 Å². The predicted molar refractivity (Wildman–Crippen MR) is 87.4 cm³/mol. The minimum atomic E-state index is -0.00530. The average Bonchev–Trinajstić information content (AvgIpc) is 3.00. The van der Waals surface area contributed by atoms with Gasteiger partial charge in [-0.15, -0.1) is 0 Å². The molecule has 1 saturated heterocycles. The highest BCUT2D eigenvalue weighted by Crippen LogP contribution is 2.18. The van der Waals surface area contributed by atoms with Crippen molar-refractivity contribution in [3.8, 4) is 0 Å². The molecule has 0 radical (unpaired) electrons. The van der Waals surface area contributed by atoms with E-state index in [2.05, 4.69) is 29.4 Å². The zero-order valence-electron chi connectivity index (χ0n) is 13.9. The molecule has 0 spiro atoms. The van der Waals surface area contributed by atoms with Gasteiger partial charge in [-0.1, -0.05) is 26.2 Å². The van der Waals surface area contributed by atoms with Crippen LogP contribution in [0.1, 0.15) is 65.2 Å². The van der Waals surface area contributed by atoms with Gasteiger partial charge in [0.2, 0.25) is 5.91 Å². The van der Waals surface area contributed by atoms with E-state index in [1.54, 1.807) is 0 Å². The maximum Gasteiger partial charge on any atom is 0.237 e. The number of nitrogens with zero attached hydrogens (tertiary/aromatic N) is 1. The largest absolute Gasteiger partial charge is 0.352 e. The fourth-order valence-electron chi connectivity index (χ4n) is 3.65. The third-order valence-corrected chi connectivity index (χ3v) is 5.01. The average molecular weight is 295 g/mol. The third kappa shape index (κ3) is 5.26. The van der Waals surface area contributed by atoms with Gasteiger partial charge in [0, 0.05) is 18.6 Å². The van der Waals surface area contributed by atoms with Crippen LogP contribution in [0.5, 0.6) is 0 Å². The van der Waals surface area contributed by atoms with Crippen LogP contribution >= 0.6 is 0 Å². The normalized spacial score (nSPS) is 25.2. The SMILES string of the molecule is CCCN(CC1CCCCN1)C(C)C(=O)NC1CCCC1. The smallest absolute Gasteiger partial charge is 0.237 e. The van der Waals surface area contributed by atoms with Gasteiger partial charge in [0.25, 0.3) is 0 Å². The first-order valence-electron chi connectivity index (χ1n) is 8.98. The lowest BCUT2D eigenvalue weighted by molar-refractivity contribution is -0.126. The first kappa shape index (κ1) is 16.8. The highest BCUT2D eigenvalue weighted by Gasteiger charge is 2.26. The number of amides is 1.